The standard InChI is InChI=1S/C15H17N5O4/c1-19(2)13(21)9-20-8-12(17-18-20)15(24)16-11-5-3-4-10(6-11)7-14(22)23/h3-6,8H,7,9H2,1-2H3,(H,16,24)(H,22,23). The maximum absolute atomic E-state index is 12.1. The van der Waals surface area contributed by atoms with Gasteiger partial charge < -0.3 is 15.3 Å². The number of carbonyl (C=O) groups excluding carboxylic acids is 2. The van der Waals surface area contributed by atoms with Gasteiger partial charge >= 0.3 is 5.97 Å². The normalized spacial score (nSPS) is 10.2. The molecule has 2 aromatic rings. The molecular formula is C15H17N5O4. The molecule has 0 aliphatic carbocycles. The quantitative estimate of drug-likeness (QED) is 0.783. The number of hydrogen-bond acceptors (Lipinski definition) is 5. The molecule has 2 N–H and O–H groups in total. The van der Waals surface area contributed by atoms with Crippen molar-refractivity contribution in [3.63, 3.8) is 0 Å². The molecule has 1 heterocycles. The van der Waals surface area contributed by atoms with Crippen LogP contribution >= 0.6 is 0 Å². The Hall–Kier alpha value is -3.23. The molecule has 0 spiro atoms. The van der Waals surface area contributed by atoms with Crippen molar-refractivity contribution in [3.05, 3.63) is 41.7 Å². The second kappa shape index (κ2) is 7.36. The van der Waals surface area contributed by atoms with E-state index in [1.807, 2.05) is 0 Å². The number of aliphatic carboxylic acids is 1. The van der Waals surface area contributed by atoms with E-state index < -0.39 is 11.9 Å². The van der Waals surface area contributed by atoms with E-state index in [1.165, 1.54) is 15.8 Å². The molecule has 2 amide bonds. The number of aromatic nitrogens is 3. The number of carboxylic acid groups (broad SMARTS) is 1. The van der Waals surface area contributed by atoms with E-state index in [4.69, 9.17) is 5.11 Å². The summed E-state index contributed by atoms with van der Waals surface area (Å²) in [4.78, 5) is 35.9. The first-order valence-electron chi connectivity index (χ1n) is 7.07. The summed E-state index contributed by atoms with van der Waals surface area (Å²) >= 11 is 0. The van der Waals surface area contributed by atoms with Gasteiger partial charge in [-0.25, -0.2) is 4.68 Å². The molecule has 0 aliphatic rings. The molecule has 0 bridgehead atoms. The monoisotopic (exact) mass is 331 g/mol. The predicted octanol–water partition coefficient (Wildman–Crippen LogP) is 0.246. The number of nitrogens with one attached hydrogen (secondary N) is 1. The van der Waals surface area contributed by atoms with Crippen LogP contribution in [-0.2, 0) is 22.6 Å². The molecule has 9 nitrogen and oxygen atoms in total. The van der Waals surface area contributed by atoms with E-state index in [0.29, 0.717) is 11.3 Å². The van der Waals surface area contributed by atoms with Crippen LogP contribution in [0, 0.1) is 0 Å². The Bertz CT molecular complexity index is 769. The van der Waals surface area contributed by atoms with Crippen LogP contribution in [0.25, 0.3) is 0 Å². The van der Waals surface area contributed by atoms with Crippen LogP contribution in [0.1, 0.15) is 16.1 Å². The molecule has 1 aromatic heterocycles. The lowest BCUT2D eigenvalue weighted by Crippen LogP contribution is -2.26. The molecule has 9 heteroatoms. The average Bonchev–Trinajstić information content (AvgIpc) is 2.95. The number of anilines is 1. The van der Waals surface area contributed by atoms with Gasteiger partial charge in [0.1, 0.15) is 6.54 Å². The average molecular weight is 331 g/mol. The van der Waals surface area contributed by atoms with Gasteiger partial charge in [0, 0.05) is 19.8 Å². The molecular weight excluding hydrogens is 314 g/mol. The van der Waals surface area contributed by atoms with Gasteiger partial charge in [-0.1, -0.05) is 17.3 Å². The van der Waals surface area contributed by atoms with E-state index in [0.717, 1.165) is 0 Å². The molecule has 0 saturated carbocycles. The summed E-state index contributed by atoms with van der Waals surface area (Å²) in [5.41, 5.74) is 1.09. The lowest BCUT2D eigenvalue weighted by molar-refractivity contribution is -0.136. The van der Waals surface area contributed by atoms with Crippen molar-refractivity contribution in [2.24, 2.45) is 0 Å². The molecule has 0 atom stereocenters. The first-order valence-corrected chi connectivity index (χ1v) is 7.07. The zero-order valence-electron chi connectivity index (χ0n) is 13.3. The van der Waals surface area contributed by atoms with Gasteiger partial charge in [0.05, 0.1) is 12.6 Å². The zero-order valence-corrected chi connectivity index (χ0v) is 13.3. The molecule has 24 heavy (non-hydrogen) atoms. The Morgan fingerprint density at radius 3 is 2.71 bits per heavy atom. The summed E-state index contributed by atoms with van der Waals surface area (Å²) < 4.78 is 1.28. The van der Waals surface area contributed by atoms with Crippen LogP contribution in [0.4, 0.5) is 5.69 Å². The number of hydrogen-bond donors (Lipinski definition) is 2. The van der Waals surface area contributed by atoms with Crippen molar-refractivity contribution < 1.29 is 19.5 Å². The Morgan fingerprint density at radius 2 is 2.04 bits per heavy atom. The van der Waals surface area contributed by atoms with Gasteiger partial charge in [-0.05, 0) is 17.7 Å². The SMILES string of the molecule is CN(C)C(=O)Cn1cc(C(=O)Nc2cccc(CC(=O)O)c2)nn1. The van der Waals surface area contributed by atoms with Crippen molar-refractivity contribution in [1.82, 2.24) is 19.9 Å². The molecule has 2 rings (SSSR count). The number of nitrogens with zero attached hydrogens (tertiary/aromatic N) is 4. The van der Waals surface area contributed by atoms with Crippen LogP contribution < -0.4 is 5.32 Å². The van der Waals surface area contributed by atoms with Gasteiger partial charge in [-0.15, -0.1) is 5.10 Å². The number of likely N-dealkylation sites (N-methyl/N-ethyl adjacent to an activating group) is 1. The number of carbonyl (C=O) groups is 3. The summed E-state index contributed by atoms with van der Waals surface area (Å²) in [7, 11) is 3.24. The van der Waals surface area contributed by atoms with Crippen molar-refractivity contribution in [2.45, 2.75) is 13.0 Å². The van der Waals surface area contributed by atoms with E-state index in [2.05, 4.69) is 15.6 Å². The lowest BCUT2D eigenvalue weighted by atomic mass is 10.1. The van der Waals surface area contributed by atoms with E-state index in [-0.39, 0.29) is 24.6 Å². The van der Waals surface area contributed by atoms with Crippen LogP contribution in [-0.4, -0.2) is 56.9 Å². The zero-order chi connectivity index (χ0) is 17.7. The summed E-state index contributed by atoms with van der Waals surface area (Å²) in [6, 6.07) is 6.53. The number of amides is 2. The summed E-state index contributed by atoms with van der Waals surface area (Å²) in [6.07, 6.45) is 1.24. The number of carboxylic acids is 1. The largest absolute Gasteiger partial charge is 0.481 e. The molecule has 0 saturated heterocycles. The summed E-state index contributed by atoms with van der Waals surface area (Å²) in [6.45, 7) is -0.0125. The summed E-state index contributed by atoms with van der Waals surface area (Å²) in [5.74, 6) is -1.62. The fourth-order valence-electron chi connectivity index (χ4n) is 1.89. The first kappa shape index (κ1) is 17.1. The number of rotatable bonds is 6. The minimum absolute atomic E-state index is 0.0125. The highest BCUT2D eigenvalue weighted by atomic mass is 16.4. The van der Waals surface area contributed by atoms with E-state index in [9.17, 15) is 14.4 Å². The third-order valence-corrected chi connectivity index (χ3v) is 3.11. The Kier molecular flexibility index (Phi) is 5.25. The van der Waals surface area contributed by atoms with Crippen LogP contribution in [0.5, 0.6) is 0 Å². The third-order valence-electron chi connectivity index (χ3n) is 3.11. The van der Waals surface area contributed by atoms with Crippen molar-refractivity contribution in [3.8, 4) is 0 Å². The third kappa shape index (κ3) is 4.63. The smallest absolute Gasteiger partial charge is 0.307 e. The van der Waals surface area contributed by atoms with Gasteiger partial charge in [0.15, 0.2) is 5.69 Å². The van der Waals surface area contributed by atoms with Crippen molar-refractivity contribution in [1.29, 1.82) is 0 Å². The summed E-state index contributed by atoms with van der Waals surface area (Å²) in [5, 5.41) is 18.9. The number of benzene rings is 1. The Balaban J connectivity index is 2.04. The fraction of sp³-hybridized carbons (Fsp3) is 0.267. The topological polar surface area (TPSA) is 117 Å². The maximum atomic E-state index is 12.1. The molecule has 0 radical (unpaired) electrons. The second-order valence-electron chi connectivity index (χ2n) is 5.31. The van der Waals surface area contributed by atoms with Gasteiger partial charge in [-0.2, -0.15) is 0 Å². The minimum atomic E-state index is -0.952. The molecule has 0 fully saturated rings. The maximum Gasteiger partial charge on any atom is 0.307 e. The van der Waals surface area contributed by atoms with Crippen LogP contribution in [0.3, 0.4) is 0 Å². The molecule has 1 aromatic carbocycles. The van der Waals surface area contributed by atoms with Crippen molar-refractivity contribution in [2.75, 3.05) is 19.4 Å². The van der Waals surface area contributed by atoms with Gasteiger partial charge in [-0.3, -0.25) is 14.4 Å². The van der Waals surface area contributed by atoms with Gasteiger partial charge in [0.25, 0.3) is 5.91 Å². The lowest BCUT2D eigenvalue weighted by Gasteiger charge is -2.08. The van der Waals surface area contributed by atoms with Crippen LogP contribution in [0.2, 0.25) is 0 Å². The highest BCUT2D eigenvalue weighted by Crippen LogP contribution is 2.12. The second-order valence-corrected chi connectivity index (χ2v) is 5.31. The first-order chi connectivity index (χ1) is 11.3. The molecule has 0 unspecified atom stereocenters. The molecule has 0 aliphatic heterocycles. The fourth-order valence-corrected chi connectivity index (χ4v) is 1.89. The minimum Gasteiger partial charge on any atom is -0.481 e. The Morgan fingerprint density at radius 1 is 1.29 bits per heavy atom. The van der Waals surface area contributed by atoms with E-state index >= 15 is 0 Å². The van der Waals surface area contributed by atoms with E-state index in [1.54, 1.807) is 38.4 Å². The molecule has 126 valence electrons. The predicted molar refractivity (Wildman–Crippen MR) is 84.5 cm³/mol. The van der Waals surface area contributed by atoms with Crippen molar-refractivity contribution >= 4 is 23.5 Å². The van der Waals surface area contributed by atoms with Gasteiger partial charge in [0.2, 0.25) is 5.91 Å². The Labute approximate surface area is 137 Å². The van der Waals surface area contributed by atoms with Crippen LogP contribution in [0.15, 0.2) is 30.5 Å². The highest BCUT2D eigenvalue weighted by Gasteiger charge is 2.13. The highest BCUT2D eigenvalue weighted by molar-refractivity contribution is 6.02.